The highest BCUT2D eigenvalue weighted by Crippen LogP contribution is 2.03. The first kappa shape index (κ1) is 15.1. The van der Waals surface area contributed by atoms with Gasteiger partial charge in [-0.2, -0.15) is 0 Å². The number of carbonyl (C=O) groups is 1. The van der Waals surface area contributed by atoms with E-state index in [0.29, 0.717) is 5.78 Å². The summed E-state index contributed by atoms with van der Waals surface area (Å²) >= 11 is 0. The Morgan fingerprint density at radius 2 is 1.31 bits per heavy atom. The quantitative estimate of drug-likeness (QED) is 0.678. The summed E-state index contributed by atoms with van der Waals surface area (Å²) in [4.78, 5) is 10.8. The Bertz CT molecular complexity index is 105. The van der Waals surface area contributed by atoms with Gasteiger partial charge in [-0.1, -0.05) is 27.7 Å². The highest BCUT2D eigenvalue weighted by atomic mass is 16.5. The lowest BCUT2D eigenvalue weighted by Crippen LogP contribution is -2.13. The molecule has 0 aromatic rings. The lowest BCUT2D eigenvalue weighted by atomic mass is 9.99. The summed E-state index contributed by atoms with van der Waals surface area (Å²) in [5, 5.41) is 0. The molecule has 0 aliphatic carbocycles. The summed E-state index contributed by atoms with van der Waals surface area (Å²) in [6.45, 7) is 13.4. The molecule has 0 amide bonds. The number of hydrogen-bond donors (Lipinski definition) is 0. The molecular formula is C11H24O2. The van der Waals surface area contributed by atoms with Gasteiger partial charge in [-0.15, -0.1) is 0 Å². The van der Waals surface area contributed by atoms with Crippen LogP contribution in [0.2, 0.25) is 0 Å². The molecule has 2 heteroatoms. The number of rotatable bonds is 4. The summed E-state index contributed by atoms with van der Waals surface area (Å²) in [6.07, 6.45) is 0. The molecule has 0 unspecified atom stereocenters. The SMILES string of the molecule is CC(C)C(=O)C(C)C.CCOCC. The molecule has 0 saturated heterocycles. The maximum atomic E-state index is 10.8. The van der Waals surface area contributed by atoms with Crippen molar-refractivity contribution in [2.45, 2.75) is 41.5 Å². The lowest BCUT2D eigenvalue weighted by Gasteiger charge is -2.05. The molecule has 0 radical (unpaired) electrons. The second kappa shape index (κ2) is 9.72. The van der Waals surface area contributed by atoms with Crippen molar-refractivity contribution in [2.75, 3.05) is 13.2 Å². The van der Waals surface area contributed by atoms with Crippen LogP contribution in [0.1, 0.15) is 41.5 Å². The molecule has 0 heterocycles. The molecule has 0 aromatic carbocycles. The topological polar surface area (TPSA) is 26.3 Å². The Balaban J connectivity index is 0. The third kappa shape index (κ3) is 11.6. The highest BCUT2D eigenvalue weighted by Gasteiger charge is 2.09. The highest BCUT2D eigenvalue weighted by molar-refractivity contribution is 5.81. The normalized spacial score (nSPS) is 9.85. The third-order valence-electron chi connectivity index (χ3n) is 1.55. The second-order valence-electron chi connectivity index (χ2n) is 3.49. The molecule has 13 heavy (non-hydrogen) atoms. The molecule has 0 spiro atoms. The molecule has 0 aliphatic heterocycles. The maximum Gasteiger partial charge on any atom is 0.137 e. The van der Waals surface area contributed by atoms with Crippen molar-refractivity contribution >= 4 is 5.78 Å². The average molecular weight is 188 g/mol. The molecule has 0 saturated carbocycles. The van der Waals surface area contributed by atoms with Crippen LogP contribution in [0, 0.1) is 11.8 Å². The van der Waals surface area contributed by atoms with Gasteiger partial charge in [-0.3, -0.25) is 4.79 Å². The van der Waals surface area contributed by atoms with E-state index in [1.54, 1.807) is 0 Å². The Hall–Kier alpha value is -0.370. The summed E-state index contributed by atoms with van der Waals surface area (Å²) in [5.41, 5.74) is 0. The summed E-state index contributed by atoms with van der Waals surface area (Å²) in [5.74, 6) is 0.759. The smallest absolute Gasteiger partial charge is 0.137 e. The summed E-state index contributed by atoms with van der Waals surface area (Å²) < 4.78 is 4.83. The zero-order valence-electron chi connectivity index (χ0n) is 9.89. The van der Waals surface area contributed by atoms with Crippen molar-refractivity contribution in [3.8, 4) is 0 Å². The van der Waals surface area contributed by atoms with Gasteiger partial charge in [0.1, 0.15) is 5.78 Å². The van der Waals surface area contributed by atoms with E-state index in [-0.39, 0.29) is 11.8 Å². The number of ether oxygens (including phenoxy) is 1. The third-order valence-corrected chi connectivity index (χ3v) is 1.55. The molecule has 0 atom stereocenters. The van der Waals surface area contributed by atoms with Crippen molar-refractivity contribution in [3.05, 3.63) is 0 Å². The monoisotopic (exact) mass is 188 g/mol. The Labute approximate surface area is 82.7 Å². The molecule has 0 aromatic heterocycles. The van der Waals surface area contributed by atoms with Crippen LogP contribution in [-0.4, -0.2) is 19.0 Å². The van der Waals surface area contributed by atoms with Crippen LogP contribution in [0.5, 0.6) is 0 Å². The summed E-state index contributed by atoms with van der Waals surface area (Å²) in [6, 6.07) is 0. The summed E-state index contributed by atoms with van der Waals surface area (Å²) in [7, 11) is 0. The van der Waals surface area contributed by atoms with Gasteiger partial charge in [0.05, 0.1) is 0 Å². The Morgan fingerprint density at radius 1 is 1.00 bits per heavy atom. The Morgan fingerprint density at radius 3 is 1.31 bits per heavy atom. The molecule has 0 N–H and O–H groups in total. The first-order valence-electron chi connectivity index (χ1n) is 5.08. The molecule has 2 nitrogen and oxygen atoms in total. The van der Waals surface area contributed by atoms with Crippen LogP contribution in [0.25, 0.3) is 0 Å². The van der Waals surface area contributed by atoms with Crippen molar-refractivity contribution in [2.24, 2.45) is 11.8 Å². The Kier molecular flexibility index (Phi) is 11.3. The molecule has 0 bridgehead atoms. The largest absolute Gasteiger partial charge is 0.382 e. The first-order valence-corrected chi connectivity index (χ1v) is 5.08. The van der Waals surface area contributed by atoms with E-state index in [9.17, 15) is 4.79 Å². The zero-order valence-corrected chi connectivity index (χ0v) is 9.89. The van der Waals surface area contributed by atoms with Gasteiger partial charge in [0, 0.05) is 25.0 Å². The van der Waals surface area contributed by atoms with Crippen LogP contribution in [0.4, 0.5) is 0 Å². The number of carbonyl (C=O) groups excluding carboxylic acids is 1. The second-order valence-corrected chi connectivity index (χ2v) is 3.49. The van der Waals surface area contributed by atoms with Crippen molar-refractivity contribution in [3.63, 3.8) is 0 Å². The minimum atomic E-state index is 0.204. The van der Waals surface area contributed by atoms with Gasteiger partial charge < -0.3 is 4.74 Å². The van der Waals surface area contributed by atoms with E-state index in [1.165, 1.54) is 0 Å². The van der Waals surface area contributed by atoms with Crippen LogP contribution in [0.15, 0.2) is 0 Å². The fourth-order valence-electron chi connectivity index (χ4n) is 0.871. The zero-order chi connectivity index (χ0) is 10.9. The minimum absolute atomic E-state index is 0.204. The van der Waals surface area contributed by atoms with Crippen molar-refractivity contribution < 1.29 is 9.53 Å². The standard InChI is InChI=1S/C7H14O.C4H10O/c1-5(2)7(8)6(3)4;1-3-5-4-2/h5-6H,1-4H3;3-4H2,1-2H3. The van der Waals surface area contributed by atoms with Crippen LogP contribution >= 0.6 is 0 Å². The fraction of sp³-hybridized carbons (Fsp3) is 0.909. The van der Waals surface area contributed by atoms with Gasteiger partial charge in [-0.05, 0) is 13.8 Å². The predicted molar refractivity (Wildman–Crippen MR) is 56.9 cm³/mol. The van der Waals surface area contributed by atoms with Crippen LogP contribution < -0.4 is 0 Å². The van der Waals surface area contributed by atoms with Gasteiger partial charge in [0.25, 0.3) is 0 Å². The molecule has 0 aliphatic rings. The fourth-order valence-corrected chi connectivity index (χ4v) is 0.871. The van der Waals surface area contributed by atoms with E-state index in [0.717, 1.165) is 13.2 Å². The number of hydrogen-bond acceptors (Lipinski definition) is 2. The van der Waals surface area contributed by atoms with E-state index in [2.05, 4.69) is 0 Å². The van der Waals surface area contributed by atoms with E-state index in [1.807, 2.05) is 41.5 Å². The van der Waals surface area contributed by atoms with Gasteiger partial charge >= 0.3 is 0 Å². The molecular weight excluding hydrogens is 164 g/mol. The van der Waals surface area contributed by atoms with E-state index < -0.39 is 0 Å². The van der Waals surface area contributed by atoms with Gasteiger partial charge in [0.15, 0.2) is 0 Å². The number of Topliss-reactive ketones (excluding diaryl/α,β-unsaturated/α-hetero) is 1. The van der Waals surface area contributed by atoms with Crippen LogP contribution in [-0.2, 0) is 9.53 Å². The van der Waals surface area contributed by atoms with E-state index >= 15 is 0 Å². The van der Waals surface area contributed by atoms with Crippen molar-refractivity contribution in [1.82, 2.24) is 0 Å². The van der Waals surface area contributed by atoms with Crippen LogP contribution in [0.3, 0.4) is 0 Å². The minimum Gasteiger partial charge on any atom is -0.382 e. The average Bonchev–Trinajstić information content (AvgIpc) is 2.05. The van der Waals surface area contributed by atoms with Gasteiger partial charge in [-0.25, -0.2) is 0 Å². The molecule has 0 rings (SSSR count). The lowest BCUT2D eigenvalue weighted by molar-refractivity contribution is -0.124. The predicted octanol–water partition coefficient (Wildman–Crippen LogP) is 2.91. The maximum absolute atomic E-state index is 10.8. The van der Waals surface area contributed by atoms with Crippen molar-refractivity contribution in [1.29, 1.82) is 0 Å². The van der Waals surface area contributed by atoms with E-state index in [4.69, 9.17) is 4.74 Å². The first-order chi connectivity index (χ1) is 5.97. The van der Waals surface area contributed by atoms with Gasteiger partial charge in [0.2, 0.25) is 0 Å². The molecule has 80 valence electrons. The molecule has 0 fully saturated rings. The number of ketones is 1.